The van der Waals surface area contributed by atoms with Crippen LogP contribution in [0.5, 0.6) is 11.5 Å². The first-order chi connectivity index (χ1) is 25.0. The van der Waals surface area contributed by atoms with Crippen LogP contribution in [0, 0.1) is 0 Å². The molecule has 5 aromatic rings. The zero-order valence-electron chi connectivity index (χ0n) is 29.0. The zero-order valence-corrected chi connectivity index (χ0v) is 29.0. The Bertz CT molecular complexity index is 1880. The maximum Gasteiger partial charge on any atom is 0.410 e. The molecule has 2 aliphatic heterocycles. The van der Waals surface area contributed by atoms with Crippen molar-refractivity contribution in [1.29, 1.82) is 0 Å². The van der Waals surface area contributed by atoms with E-state index in [1.54, 1.807) is 19.1 Å². The maximum atomic E-state index is 14.3. The summed E-state index contributed by atoms with van der Waals surface area (Å²) in [6.45, 7) is 0.218. The summed E-state index contributed by atoms with van der Waals surface area (Å²) in [6, 6.07) is 42.3. The molecule has 5 aromatic carbocycles. The molecule has 0 unspecified atom stereocenters. The van der Waals surface area contributed by atoms with Crippen LogP contribution in [0.15, 0.2) is 127 Å². The topological polar surface area (TPSA) is 77.5 Å². The van der Waals surface area contributed by atoms with Gasteiger partial charge in [0, 0.05) is 5.92 Å². The Morgan fingerprint density at radius 3 is 1.73 bits per heavy atom. The highest BCUT2D eigenvalue weighted by Crippen LogP contribution is 2.48. The normalized spacial score (nSPS) is 21.0. The number of aliphatic hydroxyl groups is 1. The van der Waals surface area contributed by atoms with Crippen molar-refractivity contribution in [1.82, 2.24) is 4.90 Å². The molecular weight excluding hydrogens is 638 g/mol. The van der Waals surface area contributed by atoms with E-state index in [0.717, 1.165) is 28.2 Å². The number of benzene rings is 5. The lowest BCUT2D eigenvalue weighted by Gasteiger charge is -2.52. The molecule has 51 heavy (non-hydrogen) atoms. The van der Waals surface area contributed by atoms with Crippen LogP contribution in [0.2, 0.25) is 0 Å². The van der Waals surface area contributed by atoms with Crippen molar-refractivity contribution >= 4 is 6.09 Å². The Labute approximate surface area is 299 Å². The molecule has 0 spiro atoms. The van der Waals surface area contributed by atoms with Gasteiger partial charge >= 0.3 is 6.09 Å². The number of rotatable bonds is 9. The summed E-state index contributed by atoms with van der Waals surface area (Å²) in [5, 5.41) is 11.2. The highest BCUT2D eigenvalue weighted by atomic mass is 16.6. The minimum Gasteiger partial charge on any atom is -0.497 e. The number of hydrogen-bond acceptors (Lipinski definition) is 6. The van der Waals surface area contributed by atoms with Gasteiger partial charge in [-0.15, -0.1) is 0 Å². The van der Waals surface area contributed by atoms with Crippen molar-refractivity contribution in [2.75, 3.05) is 20.8 Å². The van der Waals surface area contributed by atoms with E-state index in [1.807, 2.05) is 66.7 Å². The number of carbonyl (C=O) groups is 1. The standard InChI is InChI=1S/C44H43NO6/c1-48-32-20-16-30(17-21-32)44(29-10-4-3-5-11-29,31-18-22-33(49-2)23-19-31)51-42-27-25-39-41(46)26-24-40(42)45(39)43(47)50-28-38-36-14-8-6-12-34(36)35-13-7-9-15-37(35)38/h3-23,38-42,46H,24-28H2,1-2H3/t39-,40-,41-,42-/m1/s1. The first-order valence-corrected chi connectivity index (χ1v) is 17.9. The van der Waals surface area contributed by atoms with E-state index in [1.165, 1.54) is 22.3 Å². The molecule has 0 aromatic heterocycles. The van der Waals surface area contributed by atoms with Crippen LogP contribution >= 0.6 is 0 Å². The quantitative estimate of drug-likeness (QED) is 0.158. The van der Waals surface area contributed by atoms with Crippen LogP contribution in [0.4, 0.5) is 4.79 Å². The van der Waals surface area contributed by atoms with Gasteiger partial charge in [0.15, 0.2) is 0 Å². The van der Waals surface area contributed by atoms with Crippen molar-refractivity contribution in [2.24, 2.45) is 0 Å². The lowest BCUT2D eigenvalue weighted by molar-refractivity contribution is -0.143. The van der Waals surface area contributed by atoms with Crippen LogP contribution in [-0.4, -0.2) is 61.2 Å². The van der Waals surface area contributed by atoms with Crippen molar-refractivity contribution in [3.8, 4) is 22.6 Å². The van der Waals surface area contributed by atoms with E-state index in [9.17, 15) is 9.90 Å². The van der Waals surface area contributed by atoms with E-state index in [4.69, 9.17) is 18.9 Å². The van der Waals surface area contributed by atoms with Gasteiger partial charge in [0.25, 0.3) is 0 Å². The highest BCUT2D eigenvalue weighted by molar-refractivity contribution is 5.79. The molecule has 0 radical (unpaired) electrons. The van der Waals surface area contributed by atoms with Crippen molar-refractivity contribution in [3.05, 3.63) is 155 Å². The number of aliphatic hydroxyl groups excluding tert-OH is 1. The minimum absolute atomic E-state index is 0.0566. The zero-order chi connectivity index (χ0) is 35.0. The maximum absolute atomic E-state index is 14.3. The highest BCUT2D eigenvalue weighted by Gasteiger charge is 2.51. The number of methoxy groups -OCH3 is 2. The van der Waals surface area contributed by atoms with Crippen molar-refractivity contribution < 1.29 is 28.8 Å². The Morgan fingerprint density at radius 1 is 0.647 bits per heavy atom. The molecule has 2 heterocycles. The summed E-state index contributed by atoms with van der Waals surface area (Å²) < 4.78 is 24.9. The molecule has 4 atom stereocenters. The predicted molar refractivity (Wildman–Crippen MR) is 196 cm³/mol. The number of hydrogen-bond donors (Lipinski definition) is 1. The molecule has 260 valence electrons. The molecule has 1 aliphatic carbocycles. The molecule has 7 nitrogen and oxygen atoms in total. The van der Waals surface area contributed by atoms with Crippen LogP contribution in [0.25, 0.3) is 11.1 Å². The average molecular weight is 682 g/mol. The average Bonchev–Trinajstić information content (AvgIpc) is 3.51. The van der Waals surface area contributed by atoms with Gasteiger partial charge in [0.1, 0.15) is 23.7 Å². The van der Waals surface area contributed by atoms with Gasteiger partial charge in [0.05, 0.1) is 38.5 Å². The molecule has 2 saturated heterocycles. The third-order valence-electron chi connectivity index (χ3n) is 11.1. The van der Waals surface area contributed by atoms with Gasteiger partial charge in [0.2, 0.25) is 0 Å². The third kappa shape index (κ3) is 5.84. The summed E-state index contributed by atoms with van der Waals surface area (Å²) in [4.78, 5) is 16.1. The van der Waals surface area contributed by atoms with Crippen LogP contribution < -0.4 is 9.47 Å². The Balaban J connectivity index is 1.14. The third-order valence-corrected chi connectivity index (χ3v) is 11.1. The summed E-state index contributed by atoms with van der Waals surface area (Å²) in [5.74, 6) is 1.44. The molecule has 7 heteroatoms. The fourth-order valence-corrected chi connectivity index (χ4v) is 8.66. The fraction of sp³-hybridized carbons (Fsp3) is 0.295. The molecule has 3 aliphatic rings. The van der Waals surface area contributed by atoms with E-state index in [0.29, 0.717) is 25.7 Å². The Hall–Kier alpha value is -5.11. The number of carbonyl (C=O) groups excluding carboxylic acids is 1. The smallest absolute Gasteiger partial charge is 0.410 e. The summed E-state index contributed by atoms with van der Waals surface area (Å²) in [7, 11) is 3.32. The monoisotopic (exact) mass is 681 g/mol. The van der Waals surface area contributed by atoms with Gasteiger partial charge in [-0.05, 0) is 88.9 Å². The fourth-order valence-electron chi connectivity index (χ4n) is 8.66. The molecule has 2 bridgehead atoms. The van der Waals surface area contributed by atoms with E-state index >= 15 is 0 Å². The number of nitrogens with zero attached hydrogens (tertiary/aromatic N) is 1. The largest absolute Gasteiger partial charge is 0.497 e. The van der Waals surface area contributed by atoms with Gasteiger partial charge < -0.3 is 24.1 Å². The molecule has 0 saturated carbocycles. The number of fused-ring (bicyclic) bond motifs is 5. The second-order valence-corrected chi connectivity index (χ2v) is 13.7. The first-order valence-electron chi connectivity index (χ1n) is 17.9. The predicted octanol–water partition coefficient (Wildman–Crippen LogP) is 8.32. The Kier molecular flexibility index (Phi) is 9.01. The first kappa shape index (κ1) is 33.1. The molecule has 1 amide bonds. The molecular formula is C44H43NO6. The molecule has 2 fully saturated rings. The second kappa shape index (κ2) is 13.9. The molecule has 8 rings (SSSR count). The lowest BCUT2D eigenvalue weighted by atomic mass is 9.77. The van der Waals surface area contributed by atoms with Gasteiger partial charge in [-0.3, -0.25) is 4.90 Å². The summed E-state index contributed by atoms with van der Waals surface area (Å²) in [6.07, 6.45) is 1.10. The van der Waals surface area contributed by atoms with Crippen LogP contribution in [-0.2, 0) is 15.1 Å². The molecule has 1 N–H and O–H groups in total. The summed E-state index contributed by atoms with van der Waals surface area (Å²) in [5.41, 5.74) is 6.50. The number of amides is 1. The Morgan fingerprint density at radius 2 is 1.16 bits per heavy atom. The van der Waals surface area contributed by atoms with E-state index in [-0.39, 0.29) is 30.7 Å². The van der Waals surface area contributed by atoms with Gasteiger partial charge in [-0.2, -0.15) is 0 Å². The van der Waals surface area contributed by atoms with Crippen molar-refractivity contribution in [3.63, 3.8) is 0 Å². The van der Waals surface area contributed by atoms with Gasteiger partial charge in [-0.25, -0.2) is 4.79 Å². The van der Waals surface area contributed by atoms with E-state index in [2.05, 4.69) is 60.7 Å². The SMILES string of the molecule is COc1ccc(C(O[C@@H]2CC[C@@H]3[C@H](O)CC[C@H]2N3C(=O)OCC2c3ccccc3-c3ccccc32)(c2ccccc2)c2ccc(OC)cc2)cc1. The minimum atomic E-state index is -1.03. The number of ether oxygens (including phenoxy) is 4. The van der Waals surface area contributed by atoms with E-state index < -0.39 is 17.8 Å². The van der Waals surface area contributed by atoms with Crippen LogP contribution in [0.1, 0.15) is 59.4 Å². The second-order valence-electron chi connectivity index (χ2n) is 13.7. The number of piperidine rings is 2. The van der Waals surface area contributed by atoms with Crippen LogP contribution in [0.3, 0.4) is 0 Å². The van der Waals surface area contributed by atoms with Crippen molar-refractivity contribution in [2.45, 2.75) is 61.5 Å². The lowest BCUT2D eigenvalue weighted by Crippen LogP contribution is -2.64. The van der Waals surface area contributed by atoms with Gasteiger partial charge in [-0.1, -0.05) is 103 Å². The summed E-state index contributed by atoms with van der Waals surface area (Å²) >= 11 is 0.